The van der Waals surface area contributed by atoms with E-state index in [1.807, 2.05) is 0 Å². The van der Waals surface area contributed by atoms with E-state index in [0.29, 0.717) is 11.4 Å². The van der Waals surface area contributed by atoms with Crippen molar-refractivity contribution in [2.24, 2.45) is 0 Å². The molecule has 0 saturated carbocycles. The molecule has 1 aromatic carbocycles. The second kappa shape index (κ2) is 8.06. The third-order valence-electron chi connectivity index (χ3n) is 3.07. The molecule has 1 heterocycles. The van der Waals surface area contributed by atoms with Gasteiger partial charge in [-0.2, -0.15) is 0 Å². The Morgan fingerprint density at radius 3 is 2.44 bits per heavy atom. The molecule has 1 amide bonds. The predicted molar refractivity (Wildman–Crippen MR) is 99.4 cm³/mol. The van der Waals surface area contributed by atoms with E-state index in [2.05, 4.69) is 10.6 Å². The van der Waals surface area contributed by atoms with Gasteiger partial charge in [0.1, 0.15) is 5.76 Å². The summed E-state index contributed by atoms with van der Waals surface area (Å²) in [5.41, 5.74) is 0.554. The van der Waals surface area contributed by atoms with Gasteiger partial charge in [-0.25, -0.2) is 12.7 Å². The Hall–Kier alpha value is -2.49. The number of sulfonamides is 1. The van der Waals surface area contributed by atoms with Crippen LogP contribution in [-0.4, -0.2) is 37.8 Å². The molecule has 2 rings (SSSR count). The summed E-state index contributed by atoms with van der Waals surface area (Å²) in [6.07, 6.45) is 4.31. The van der Waals surface area contributed by atoms with Gasteiger partial charge in [-0.15, -0.1) is 0 Å². The molecular formula is C16H17N3O4S2. The summed E-state index contributed by atoms with van der Waals surface area (Å²) in [5, 5.41) is 5.38. The molecule has 0 bridgehead atoms. The number of amides is 1. The van der Waals surface area contributed by atoms with Crippen LogP contribution in [0, 0.1) is 0 Å². The second-order valence-electron chi connectivity index (χ2n) is 5.10. The summed E-state index contributed by atoms with van der Waals surface area (Å²) in [6, 6.07) is 9.46. The van der Waals surface area contributed by atoms with Crippen molar-refractivity contribution in [1.82, 2.24) is 9.62 Å². The summed E-state index contributed by atoms with van der Waals surface area (Å²) in [4.78, 5) is 11.9. The molecule has 7 nitrogen and oxygen atoms in total. The monoisotopic (exact) mass is 379 g/mol. The third-order valence-corrected chi connectivity index (χ3v) is 5.10. The molecule has 25 heavy (non-hydrogen) atoms. The van der Waals surface area contributed by atoms with Gasteiger partial charge < -0.3 is 9.73 Å². The van der Waals surface area contributed by atoms with Crippen molar-refractivity contribution in [2.75, 3.05) is 19.4 Å². The molecule has 0 saturated heterocycles. The largest absolute Gasteiger partial charge is 0.465 e. The van der Waals surface area contributed by atoms with Crippen molar-refractivity contribution < 1.29 is 17.6 Å². The second-order valence-corrected chi connectivity index (χ2v) is 7.66. The number of rotatable bonds is 5. The molecule has 0 aliphatic heterocycles. The lowest BCUT2D eigenvalue weighted by molar-refractivity contribution is -0.115. The first kappa shape index (κ1) is 18.8. The van der Waals surface area contributed by atoms with E-state index in [-0.39, 0.29) is 10.0 Å². The van der Waals surface area contributed by atoms with Gasteiger partial charge in [-0.1, -0.05) is 0 Å². The zero-order valence-electron chi connectivity index (χ0n) is 13.6. The molecule has 0 unspecified atom stereocenters. The van der Waals surface area contributed by atoms with E-state index in [0.717, 1.165) is 4.31 Å². The molecule has 0 radical (unpaired) electrons. The van der Waals surface area contributed by atoms with E-state index in [1.165, 1.54) is 44.6 Å². The highest BCUT2D eigenvalue weighted by molar-refractivity contribution is 7.89. The van der Waals surface area contributed by atoms with Crippen LogP contribution >= 0.6 is 12.2 Å². The standard InChI is InChI=1S/C16H17N3O4S2/c1-19(2)25(21,22)14-8-5-12(6-9-14)17-16(24)18-15(20)10-7-13-4-3-11-23-13/h3-11H,1-2H3,(H2,17,18,20,24)/b10-7+. The average Bonchev–Trinajstić information content (AvgIpc) is 3.06. The van der Waals surface area contributed by atoms with Crippen LogP contribution in [0.2, 0.25) is 0 Å². The summed E-state index contributed by atoms with van der Waals surface area (Å²) >= 11 is 5.05. The lowest BCUT2D eigenvalue weighted by Gasteiger charge is -2.12. The predicted octanol–water partition coefficient (Wildman–Crippen LogP) is 2.06. The van der Waals surface area contributed by atoms with Crippen molar-refractivity contribution in [3.63, 3.8) is 0 Å². The molecule has 9 heteroatoms. The van der Waals surface area contributed by atoms with E-state index < -0.39 is 15.9 Å². The van der Waals surface area contributed by atoms with Crippen LogP contribution in [-0.2, 0) is 14.8 Å². The minimum absolute atomic E-state index is 0.0947. The van der Waals surface area contributed by atoms with Gasteiger partial charge in [-0.05, 0) is 54.7 Å². The SMILES string of the molecule is CN(C)S(=O)(=O)c1ccc(NC(=S)NC(=O)/C=C/c2ccco2)cc1. The number of carbonyl (C=O) groups excluding carboxylic acids is 1. The van der Waals surface area contributed by atoms with Gasteiger partial charge in [0, 0.05) is 25.9 Å². The molecule has 0 spiro atoms. The molecule has 0 aliphatic rings. The minimum atomic E-state index is -3.49. The summed E-state index contributed by atoms with van der Waals surface area (Å²) in [7, 11) is -0.564. The number of hydrogen-bond acceptors (Lipinski definition) is 5. The lowest BCUT2D eigenvalue weighted by Crippen LogP contribution is -2.32. The zero-order chi connectivity index (χ0) is 18.4. The number of carbonyl (C=O) groups is 1. The van der Waals surface area contributed by atoms with E-state index in [4.69, 9.17) is 16.6 Å². The van der Waals surface area contributed by atoms with Crippen LogP contribution in [0.25, 0.3) is 6.08 Å². The van der Waals surface area contributed by atoms with Crippen molar-refractivity contribution >= 4 is 45.0 Å². The van der Waals surface area contributed by atoms with Crippen LogP contribution in [0.3, 0.4) is 0 Å². The normalized spacial score (nSPS) is 11.6. The smallest absolute Gasteiger partial charge is 0.250 e. The number of furan rings is 1. The van der Waals surface area contributed by atoms with E-state index >= 15 is 0 Å². The fraction of sp³-hybridized carbons (Fsp3) is 0.125. The fourth-order valence-electron chi connectivity index (χ4n) is 1.78. The first-order valence-electron chi connectivity index (χ1n) is 7.15. The molecule has 0 fully saturated rings. The van der Waals surface area contributed by atoms with Crippen LogP contribution < -0.4 is 10.6 Å². The van der Waals surface area contributed by atoms with Crippen LogP contribution in [0.5, 0.6) is 0 Å². The molecule has 1 aromatic heterocycles. The van der Waals surface area contributed by atoms with Gasteiger partial charge >= 0.3 is 0 Å². The van der Waals surface area contributed by atoms with E-state index in [9.17, 15) is 13.2 Å². The van der Waals surface area contributed by atoms with Gasteiger partial charge in [0.05, 0.1) is 11.2 Å². The maximum Gasteiger partial charge on any atom is 0.250 e. The number of nitrogens with zero attached hydrogens (tertiary/aromatic N) is 1. The van der Waals surface area contributed by atoms with Crippen LogP contribution in [0.15, 0.2) is 58.1 Å². The van der Waals surface area contributed by atoms with Gasteiger partial charge in [0.15, 0.2) is 5.11 Å². The third kappa shape index (κ3) is 5.24. The number of thiocarbonyl (C=S) groups is 1. The van der Waals surface area contributed by atoms with Crippen molar-refractivity contribution in [3.05, 3.63) is 54.5 Å². The Labute approximate surface area is 151 Å². The topological polar surface area (TPSA) is 91.7 Å². The number of anilines is 1. The van der Waals surface area contributed by atoms with Crippen molar-refractivity contribution in [2.45, 2.75) is 4.90 Å². The lowest BCUT2D eigenvalue weighted by atomic mass is 10.3. The number of benzene rings is 1. The minimum Gasteiger partial charge on any atom is -0.465 e. The van der Waals surface area contributed by atoms with E-state index in [1.54, 1.807) is 24.3 Å². The summed E-state index contributed by atoms with van der Waals surface area (Å²) < 4.78 is 30.2. The van der Waals surface area contributed by atoms with Crippen molar-refractivity contribution in [3.8, 4) is 0 Å². The fourth-order valence-corrected chi connectivity index (χ4v) is 2.90. The zero-order valence-corrected chi connectivity index (χ0v) is 15.2. The quantitative estimate of drug-likeness (QED) is 0.610. The maximum absolute atomic E-state index is 12.0. The van der Waals surface area contributed by atoms with Crippen LogP contribution in [0.4, 0.5) is 5.69 Å². The Morgan fingerprint density at radius 2 is 1.88 bits per heavy atom. The highest BCUT2D eigenvalue weighted by Crippen LogP contribution is 2.16. The highest BCUT2D eigenvalue weighted by atomic mass is 32.2. The van der Waals surface area contributed by atoms with Gasteiger partial charge in [-0.3, -0.25) is 10.1 Å². The molecule has 0 aliphatic carbocycles. The summed E-state index contributed by atoms with van der Waals surface area (Å²) in [6.45, 7) is 0. The Kier molecular flexibility index (Phi) is 6.07. The van der Waals surface area contributed by atoms with Gasteiger partial charge in [0.25, 0.3) is 0 Å². The Bertz CT molecular complexity index is 871. The highest BCUT2D eigenvalue weighted by Gasteiger charge is 2.16. The number of nitrogens with one attached hydrogen (secondary N) is 2. The molecule has 2 N–H and O–H groups in total. The molecule has 0 atom stereocenters. The van der Waals surface area contributed by atoms with Gasteiger partial charge in [0.2, 0.25) is 15.9 Å². The summed E-state index contributed by atoms with van der Waals surface area (Å²) in [5.74, 6) is 0.132. The van der Waals surface area contributed by atoms with Crippen LogP contribution in [0.1, 0.15) is 5.76 Å². The molecular weight excluding hydrogens is 362 g/mol. The average molecular weight is 379 g/mol. The molecule has 132 valence electrons. The molecule has 2 aromatic rings. The first-order valence-corrected chi connectivity index (χ1v) is 9.00. The Morgan fingerprint density at radius 1 is 1.20 bits per heavy atom. The first-order chi connectivity index (χ1) is 11.8. The van der Waals surface area contributed by atoms with Crippen molar-refractivity contribution in [1.29, 1.82) is 0 Å². The number of hydrogen-bond donors (Lipinski definition) is 2. The Balaban J connectivity index is 1.93. The maximum atomic E-state index is 12.0.